The van der Waals surface area contributed by atoms with Crippen molar-refractivity contribution in [1.82, 2.24) is 14.7 Å². The monoisotopic (exact) mass is 466 g/mol. The number of aromatic nitrogens is 2. The number of hydrogen-bond donors (Lipinski definition) is 1. The first kappa shape index (κ1) is 21.8. The Bertz CT molecular complexity index is 1250. The van der Waals surface area contributed by atoms with Gasteiger partial charge in [-0.25, -0.2) is 4.79 Å². The van der Waals surface area contributed by atoms with Crippen molar-refractivity contribution in [1.29, 1.82) is 0 Å². The second kappa shape index (κ2) is 8.06. The Hall–Kier alpha value is -3.06. The van der Waals surface area contributed by atoms with Crippen LogP contribution in [0.1, 0.15) is 61.3 Å². The average molecular weight is 467 g/mol. The molecule has 5 rings (SSSR count). The number of ether oxygens (including phenoxy) is 1. The molecule has 2 amide bonds. The van der Waals surface area contributed by atoms with Crippen LogP contribution in [0.3, 0.4) is 0 Å². The van der Waals surface area contributed by atoms with Crippen molar-refractivity contribution in [3.8, 4) is 0 Å². The van der Waals surface area contributed by atoms with Gasteiger partial charge in [-0.2, -0.15) is 5.10 Å². The van der Waals surface area contributed by atoms with Crippen molar-refractivity contribution < 1.29 is 14.3 Å². The van der Waals surface area contributed by atoms with Crippen molar-refractivity contribution in [3.05, 3.63) is 58.4 Å². The molecule has 33 heavy (non-hydrogen) atoms. The lowest BCUT2D eigenvalue weighted by Crippen LogP contribution is -2.42. The first-order valence-corrected chi connectivity index (χ1v) is 11.7. The van der Waals surface area contributed by atoms with Gasteiger partial charge >= 0.3 is 6.09 Å². The minimum absolute atomic E-state index is 0.0578. The normalized spacial score (nSPS) is 16.4. The van der Waals surface area contributed by atoms with Gasteiger partial charge in [0.1, 0.15) is 5.60 Å². The summed E-state index contributed by atoms with van der Waals surface area (Å²) < 4.78 is 7.53. The van der Waals surface area contributed by atoms with Crippen LogP contribution in [0, 0.1) is 0 Å². The number of nitrogens with one attached hydrogen (secondary N) is 1. The van der Waals surface area contributed by atoms with E-state index in [4.69, 9.17) is 16.3 Å². The minimum atomic E-state index is -0.504. The Kier molecular flexibility index (Phi) is 5.32. The molecule has 0 bridgehead atoms. The fourth-order valence-electron chi connectivity index (χ4n) is 4.77. The predicted octanol–water partition coefficient (Wildman–Crippen LogP) is 5.42. The van der Waals surface area contributed by atoms with E-state index in [9.17, 15) is 9.59 Å². The van der Waals surface area contributed by atoms with Gasteiger partial charge in [0.15, 0.2) is 5.15 Å². The molecule has 2 aliphatic heterocycles. The van der Waals surface area contributed by atoms with Gasteiger partial charge < -0.3 is 15.0 Å². The van der Waals surface area contributed by atoms with Crippen molar-refractivity contribution in [3.63, 3.8) is 0 Å². The van der Waals surface area contributed by atoms with Gasteiger partial charge in [0.05, 0.1) is 6.04 Å². The lowest BCUT2D eigenvalue weighted by atomic mass is 9.97. The van der Waals surface area contributed by atoms with E-state index in [1.807, 2.05) is 49.7 Å². The number of rotatable bonds is 3. The second-order valence-electron chi connectivity index (χ2n) is 9.73. The van der Waals surface area contributed by atoms with Crippen LogP contribution in [-0.2, 0) is 11.2 Å². The fourth-order valence-corrected chi connectivity index (χ4v) is 4.97. The zero-order valence-electron chi connectivity index (χ0n) is 19.0. The molecule has 2 aromatic carbocycles. The number of piperidine rings is 1. The van der Waals surface area contributed by atoms with Gasteiger partial charge in [-0.1, -0.05) is 29.8 Å². The third-order valence-electron chi connectivity index (χ3n) is 6.24. The summed E-state index contributed by atoms with van der Waals surface area (Å²) in [5.41, 5.74) is 3.21. The smallest absolute Gasteiger partial charge is 0.410 e. The SMILES string of the molecule is CC(C)(C)OC(=O)N1CCC(n2nc(Cl)cc2Cc2ccc3c4c(cccc24)C(=O)N3)CC1. The van der Waals surface area contributed by atoms with Gasteiger partial charge in [-0.3, -0.25) is 9.48 Å². The molecule has 2 aliphatic rings. The van der Waals surface area contributed by atoms with Crippen LogP contribution >= 0.6 is 11.6 Å². The van der Waals surface area contributed by atoms with Crippen LogP contribution in [0.25, 0.3) is 10.8 Å². The third kappa shape index (κ3) is 4.17. The standard InChI is InChI=1S/C25H27ClN4O3/c1-25(2,3)33-24(32)29-11-9-16(10-12-29)30-17(14-21(26)28-30)13-15-7-8-20-22-18(15)5-4-6-19(22)23(31)27-20/h4-8,14,16H,9-13H2,1-3H3,(H,27,31). The molecule has 1 aromatic heterocycles. The van der Waals surface area contributed by atoms with Gasteiger partial charge in [0.2, 0.25) is 0 Å². The zero-order valence-corrected chi connectivity index (χ0v) is 19.8. The van der Waals surface area contributed by atoms with Crippen LogP contribution in [-0.4, -0.2) is 45.4 Å². The largest absolute Gasteiger partial charge is 0.444 e. The molecular formula is C25H27ClN4O3. The Morgan fingerprint density at radius 1 is 1.21 bits per heavy atom. The fraction of sp³-hybridized carbons (Fsp3) is 0.400. The van der Waals surface area contributed by atoms with E-state index in [-0.39, 0.29) is 18.0 Å². The molecule has 0 unspecified atom stereocenters. The number of carbonyl (C=O) groups excluding carboxylic acids is 2. The van der Waals surface area contributed by atoms with Crippen LogP contribution in [0.5, 0.6) is 0 Å². The molecule has 172 valence electrons. The molecule has 1 N–H and O–H groups in total. The summed E-state index contributed by atoms with van der Waals surface area (Å²) in [6, 6.07) is 11.9. The summed E-state index contributed by atoms with van der Waals surface area (Å²) in [5, 5.41) is 10.0. The molecule has 3 heterocycles. The van der Waals surface area contributed by atoms with Crippen molar-refractivity contribution in [2.45, 2.75) is 51.7 Å². The minimum Gasteiger partial charge on any atom is -0.444 e. The number of anilines is 1. The van der Waals surface area contributed by atoms with Crippen molar-refractivity contribution >= 4 is 40.1 Å². The van der Waals surface area contributed by atoms with Gasteiger partial charge in [-0.15, -0.1) is 0 Å². The Morgan fingerprint density at radius 3 is 2.70 bits per heavy atom. The number of carbonyl (C=O) groups is 2. The number of halogens is 1. The highest BCUT2D eigenvalue weighted by Gasteiger charge is 2.29. The van der Waals surface area contributed by atoms with E-state index in [0.29, 0.717) is 30.2 Å². The number of hydrogen-bond acceptors (Lipinski definition) is 4. The second-order valence-corrected chi connectivity index (χ2v) is 10.1. The first-order chi connectivity index (χ1) is 15.7. The number of benzene rings is 2. The first-order valence-electron chi connectivity index (χ1n) is 11.3. The Balaban J connectivity index is 1.37. The highest BCUT2D eigenvalue weighted by molar-refractivity contribution is 6.29. The van der Waals surface area contributed by atoms with Crippen LogP contribution in [0.4, 0.5) is 10.5 Å². The summed E-state index contributed by atoms with van der Waals surface area (Å²) in [4.78, 5) is 26.4. The highest BCUT2D eigenvalue weighted by Crippen LogP contribution is 2.36. The molecule has 1 saturated heterocycles. The van der Waals surface area contributed by atoms with Gasteiger partial charge in [0, 0.05) is 41.8 Å². The van der Waals surface area contributed by atoms with Gasteiger partial charge in [-0.05, 0) is 62.8 Å². The zero-order chi connectivity index (χ0) is 23.3. The molecule has 0 atom stereocenters. The maximum atomic E-state index is 12.4. The van der Waals surface area contributed by atoms with Crippen molar-refractivity contribution in [2.75, 3.05) is 18.4 Å². The summed E-state index contributed by atoms with van der Waals surface area (Å²) in [5.74, 6) is -0.0578. The summed E-state index contributed by atoms with van der Waals surface area (Å²) in [7, 11) is 0. The molecule has 1 fully saturated rings. The molecule has 0 saturated carbocycles. The van der Waals surface area contributed by atoms with E-state index in [0.717, 1.165) is 40.6 Å². The van der Waals surface area contributed by atoms with E-state index in [1.165, 1.54) is 0 Å². The van der Waals surface area contributed by atoms with Crippen LogP contribution < -0.4 is 5.32 Å². The maximum absolute atomic E-state index is 12.4. The maximum Gasteiger partial charge on any atom is 0.410 e. The predicted molar refractivity (Wildman–Crippen MR) is 128 cm³/mol. The summed E-state index contributed by atoms with van der Waals surface area (Å²) in [6.45, 7) is 6.86. The summed E-state index contributed by atoms with van der Waals surface area (Å²) >= 11 is 6.33. The Labute approximate surface area is 197 Å². The molecule has 7 nitrogen and oxygen atoms in total. The molecule has 0 spiro atoms. The van der Waals surface area contributed by atoms with E-state index >= 15 is 0 Å². The third-order valence-corrected chi connectivity index (χ3v) is 6.43. The highest BCUT2D eigenvalue weighted by atomic mass is 35.5. The molecular weight excluding hydrogens is 440 g/mol. The van der Waals surface area contributed by atoms with E-state index < -0.39 is 5.60 Å². The van der Waals surface area contributed by atoms with Crippen LogP contribution in [0.15, 0.2) is 36.4 Å². The number of likely N-dealkylation sites (tertiary alicyclic amines) is 1. The van der Waals surface area contributed by atoms with Crippen molar-refractivity contribution in [2.24, 2.45) is 0 Å². The van der Waals surface area contributed by atoms with E-state index in [1.54, 1.807) is 4.90 Å². The quantitative estimate of drug-likeness (QED) is 0.559. The van der Waals surface area contributed by atoms with Crippen LogP contribution in [0.2, 0.25) is 5.15 Å². The molecule has 3 aromatic rings. The lowest BCUT2D eigenvalue weighted by molar-refractivity contribution is 0.0184. The van der Waals surface area contributed by atoms with E-state index in [2.05, 4.69) is 22.5 Å². The van der Waals surface area contributed by atoms with Gasteiger partial charge in [0.25, 0.3) is 5.91 Å². The average Bonchev–Trinajstić information content (AvgIpc) is 3.29. The lowest BCUT2D eigenvalue weighted by Gasteiger charge is -2.34. The topological polar surface area (TPSA) is 76.5 Å². The number of amides is 2. The molecule has 8 heteroatoms. The molecule has 0 aliphatic carbocycles. The Morgan fingerprint density at radius 2 is 1.97 bits per heavy atom. The molecule has 0 radical (unpaired) electrons. The number of nitrogens with zero attached hydrogens (tertiary/aromatic N) is 3. The summed E-state index contributed by atoms with van der Waals surface area (Å²) in [6.07, 6.45) is 1.95.